The molecular formula is C21H22N4O. The van der Waals surface area contributed by atoms with Crippen LogP contribution in [0.15, 0.2) is 67.0 Å². The summed E-state index contributed by atoms with van der Waals surface area (Å²) in [4.78, 5) is 20.9. The Morgan fingerprint density at radius 2 is 1.77 bits per heavy atom. The van der Waals surface area contributed by atoms with E-state index in [0.717, 1.165) is 23.2 Å². The SMILES string of the molecule is CCc1ccccc1NC(=O)c1cc(NC(C)c2ccccc2)ncn1. The van der Waals surface area contributed by atoms with Gasteiger partial charge in [0.25, 0.3) is 5.91 Å². The number of rotatable bonds is 6. The highest BCUT2D eigenvalue weighted by atomic mass is 16.1. The molecule has 0 aliphatic heterocycles. The standard InChI is InChI=1S/C21H22N4O/c1-3-16-9-7-8-12-18(16)25-21(26)19-13-20(23-14-22-19)24-15(2)17-10-5-4-6-11-17/h4-15H,3H2,1-2H3,(H,25,26)(H,22,23,24). The number of aromatic nitrogens is 2. The van der Waals surface area contributed by atoms with Gasteiger partial charge in [-0.15, -0.1) is 0 Å². The summed E-state index contributed by atoms with van der Waals surface area (Å²) < 4.78 is 0. The van der Waals surface area contributed by atoms with Crippen molar-refractivity contribution in [1.82, 2.24) is 9.97 Å². The minimum Gasteiger partial charge on any atom is -0.363 e. The smallest absolute Gasteiger partial charge is 0.274 e. The van der Waals surface area contributed by atoms with Gasteiger partial charge in [-0.05, 0) is 30.5 Å². The van der Waals surface area contributed by atoms with Crippen molar-refractivity contribution >= 4 is 17.4 Å². The summed E-state index contributed by atoms with van der Waals surface area (Å²) in [6, 6.07) is 19.6. The van der Waals surface area contributed by atoms with Gasteiger partial charge in [0.1, 0.15) is 17.8 Å². The Bertz CT molecular complexity index is 880. The number of hydrogen-bond donors (Lipinski definition) is 2. The molecule has 0 aliphatic carbocycles. The van der Waals surface area contributed by atoms with Gasteiger partial charge in [0, 0.05) is 17.8 Å². The molecule has 5 nitrogen and oxygen atoms in total. The molecule has 132 valence electrons. The van der Waals surface area contributed by atoms with Gasteiger partial charge in [0.05, 0.1) is 0 Å². The first kappa shape index (κ1) is 17.6. The third-order valence-electron chi connectivity index (χ3n) is 4.21. The van der Waals surface area contributed by atoms with Gasteiger partial charge in [-0.2, -0.15) is 0 Å². The van der Waals surface area contributed by atoms with Gasteiger partial charge in [-0.1, -0.05) is 55.5 Å². The Morgan fingerprint density at radius 1 is 1.04 bits per heavy atom. The quantitative estimate of drug-likeness (QED) is 0.691. The zero-order valence-corrected chi connectivity index (χ0v) is 14.9. The lowest BCUT2D eigenvalue weighted by atomic mass is 10.1. The predicted octanol–water partition coefficient (Wildman–Crippen LogP) is 4.46. The molecule has 0 saturated carbocycles. The average molecular weight is 346 g/mol. The maximum atomic E-state index is 12.6. The first-order valence-electron chi connectivity index (χ1n) is 8.70. The fourth-order valence-electron chi connectivity index (χ4n) is 2.74. The summed E-state index contributed by atoms with van der Waals surface area (Å²) in [7, 11) is 0. The van der Waals surface area contributed by atoms with E-state index in [9.17, 15) is 4.79 Å². The van der Waals surface area contributed by atoms with Gasteiger partial charge < -0.3 is 10.6 Å². The van der Waals surface area contributed by atoms with Crippen LogP contribution in [0.25, 0.3) is 0 Å². The molecule has 1 amide bonds. The normalized spacial score (nSPS) is 11.6. The Hall–Kier alpha value is -3.21. The Labute approximate surface area is 153 Å². The highest BCUT2D eigenvalue weighted by Crippen LogP contribution is 2.19. The zero-order chi connectivity index (χ0) is 18.4. The number of hydrogen-bond acceptors (Lipinski definition) is 4. The fraction of sp³-hybridized carbons (Fsp3) is 0.190. The van der Waals surface area contributed by atoms with Crippen molar-refractivity contribution in [3.8, 4) is 0 Å². The molecule has 0 aliphatic rings. The second-order valence-corrected chi connectivity index (χ2v) is 6.03. The van der Waals surface area contributed by atoms with Gasteiger partial charge in [-0.3, -0.25) is 4.79 Å². The molecule has 1 unspecified atom stereocenters. The van der Waals surface area contributed by atoms with Gasteiger partial charge in [0.2, 0.25) is 0 Å². The molecule has 5 heteroatoms. The van der Waals surface area contributed by atoms with Gasteiger partial charge >= 0.3 is 0 Å². The van der Waals surface area contributed by atoms with E-state index in [1.54, 1.807) is 6.07 Å². The van der Waals surface area contributed by atoms with Crippen molar-refractivity contribution < 1.29 is 4.79 Å². The molecule has 26 heavy (non-hydrogen) atoms. The number of nitrogens with one attached hydrogen (secondary N) is 2. The minimum atomic E-state index is -0.247. The summed E-state index contributed by atoms with van der Waals surface area (Å²) in [5, 5.41) is 6.24. The van der Waals surface area contributed by atoms with E-state index < -0.39 is 0 Å². The number of benzene rings is 2. The lowest BCUT2D eigenvalue weighted by Gasteiger charge is -2.15. The van der Waals surface area contributed by atoms with Crippen molar-refractivity contribution in [2.75, 3.05) is 10.6 Å². The molecule has 0 saturated heterocycles. The molecule has 0 spiro atoms. The Morgan fingerprint density at radius 3 is 2.54 bits per heavy atom. The summed E-state index contributed by atoms with van der Waals surface area (Å²) in [6.07, 6.45) is 2.25. The first-order chi connectivity index (χ1) is 12.7. The van der Waals surface area contributed by atoms with Crippen LogP contribution in [-0.4, -0.2) is 15.9 Å². The largest absolute Gasteiger partial charge is 0.363 e. The van der Waals surface area contributed by atoms with Crippen molar-refractivity contribution in [3.05, 3.63) is 83.8 Å². The molecule has 1 atom stereocenters. The average Bonchev–Trinajstić information content (AvgIpc) is 2.69. The zero-order valence-electron chi connectivity index (χ0n) is 14.9. The molecule has 0 fully saturated rings. The highest BCUT2D eigenvalue weighted by molar-refractivity contribution is 6.03. The van der Waals surface area contributed by atoms with Crippen molar-refractivity contribution in [2.24, 2.45) is 0 Å². The number of nitrogens with zero attached hydrogens (tertiary/aromatic N) is 2. The van der Waals surface area contributed by atoms with Crippen LogP contribution in [0.2, 0.25) is 0 Å². The van der Waals surface area contributed by atoms with Crippen molar-refractivity contribution in [1.29, 1.82) is 0 Å². The molecule has 3 aromatic rings. The molecule has 1 heterocycles. The second kappa shape index (κ2) is 8.25. The maximum Gasteiger partial charge on any atom is 0.274 e. The third-order valence-corrected chi connectivity index (χ3v) is 4.21. The number of carbonyl (C=O) groups is 1. The number of anilines is 2. The lowest BCUT2D eigenvalue weighted by molar-refractivity contribution is 0.102. The van der Waals surface area contributed by atoms with Gasteiger partial charge in [0.15, 0.2) is 0 Å². The summed E-state index contributed by atoms with van der Waals surface area (Å²) in [5.74, 6) is 0.369. The summed E-state index contributed by atoms with van der Waals surface area (Å²) in [5.41, 5.74) is 3.37. The summed E-state index contributed by atoms with van der Waals surface area (Å²) >= 11 is 0. The van der Waals surface area contributed by atoms with Crippen LogP contribution >= 0.6 is 0 Å². The highest BCUT2D eigenvalue weighted by Gasteiger charge is 2.12. The monoisotopic (exact) mass is 346 g/mol. The number of aryl methyl sites for hydroxylation is 1. The number of amides is 1. The lowest BCUT2D eigenvalue weighted by Crippen LogP contribution is -2.16. The van der Waals surface area contributed by atoms with E-state index in [4.69, 9.17) is 0 Å². The van der Waals surface area contributed by atoms with Crippen LogP contribution in [0.3, 0.4) is 0 Å². The van der Waals surface area contributed by atoms with E-state index in [1.807, 2.05) is 54.6 Å². The van der Waals surface area contributed by atoms with E-state index in [-0.39, 0.29) is 11.9 Å². The molecule has 2 aromatic carbocycles. The predicted molar refractivity (Wildman–Crippen MR) is 104 cm³/mol. The molecule has 0 radical (unpaired) electrons. The van der Waals surface area contributed by atoms with Crippen molar-refractivity contribution in [2.45, 2.75) is 26.3 Å². The molecule has 2 N–H and O–H groups in total. The van der Waals surface area contributed by atoms with Crippen LogP contribution in [0, 0.1) is 0 Å². The number of para-hydroxylation sites is 1. The van der Waals surface area contributed by atoms with E-state index >= 15 is 0 Å². The minimum absolute atomic E-state index is 0.0721. The molecule has 3 rings (SSSR count). The summed E-state index contributed by atoms with van der Waals surface area (Å²) in [6.45, 7) is 4.11. The fourth-order valence-corrected chi connectivity index (χ4v) is 2.74. The Kier molecular flexibility index (Phi) is 5.59. The topological polar surface area (TPSA) is 66.9 Å². The third kappa shape index (κ3) is 4.25. The second-order valence-electron chi connectivity index (χ2n) is 6.03. The Balaban J connectivity index is 1.73. The van der Waals surface area contributed by atoms with E-state index in [0.29, 0.717) is 11.5 Å². The number of carbonyl (C=O) groups excluding carboxylic acids is 1. The molecule has 0 bridgehead atoms. The van der Waals surface area contributed by atoms with Gasteiger partial charge in [-0.25, -0.2) is 9.97 Å². The van der Waals surface area contributed by atoms with Crippen LogP contribution < -0.4 is 10.6 Å². The maximum absolute atomic E-state index is 12.6. The van der Waals surface area contributed by atoms with E-state index in [2.05, 4.69) is 34.4 Å². The van der Waals surface area contributed by atoms with Crippen LogP contribution in [-0.2, 0) is 6.42 Å². The van der Waals surface area contributed by atoms with Crippen LogP contribution in [0.5, 0.6) is 0 Å². The molecular weight excluding hydrogens is 324 g/mol. The first-order valence-corrected chi connectivity index (χ1v) is 8.70. The van der Waals surface area contributed by atoms with E-state index in [1.165, 1.54) is 6.33 Å². The molecule has 1 aromatic heterocycles. The van der Waals surface area contributed by atoms with Crippen molar-refractivity contribution in [3.63, 3.8) is 0 Å². The van der Waals surface area contributed by atoms with Crippen LogP contribution in [0.1, 0.15) is 41.5 Å². The van der Waals surface area contributed by atoms with Crippen LogP contribution in [0.4, 0.5) is 11.5 Å².